The maximum Gasteiger partial charge on any atom is 0.416 e. The fraction of sp³-hybridized carbons (Fsp3) is 0.545. The number of aromatic nitrogens is 4. The smallest absolute Gasteiger partial charge is 0.416 e. The molecule has 2 aromatic heterocycles. The van der Waals surface area contributed by atoms with Crippen LogP contribution in [0.4, 0.5) is 29.3 Å². The Morgan fingerprint density at radius 2 is 1.81 bits per heavy atom. The van der Waals surface area contributed by atoms with E-state index < -0.39 is 34.9 Å². The highest BCUT2D eigenvalue weighted by Gasteiger charge is 2.32. The topological polar surface area (TPSA) is 123 Å². The molecule has 1 unspecified atom stereocenters. The van der Waals surface area contributed by atoms with Gasteiger partial charge in [0, 0.05) is 39.0 Å². The molecule has 1 aromatic carbocycles. The van der Waals surface area contributed by atoms with Gasteiger partial charge < -0.3 is 29.2 Å². The molecule has 5 rings (SSSR count). The molecular weight excluding hydrogens is 631 g/mol. The third kappa shape index (κ3) is 7.50. The van der Waals surface area contributed by atoms with E-state index in [0.717, 1.165) is 24.1 Å². The standard InChI is InChI=1S/C33H42F3N7O5/c1-7-25-27(40-14-16-41(17-15-40)31(46)48-32(3,4)5)29(45)43-30(38-28(39-43)21-8-11-23(47-6)12-9-21)42(25)19-26(44)37-24-13-10-22(18-20(24)2)33(34,35)36/h8,10,13,18,23H,7,9,11-12,14-17,19H2,1-6H3,(H,37,44). The number of nitrogens with one attached hydrogen (secondary N) is 1. The first-order chi connectivity index (χ1) is 22.6. The van der Waals surface area contributed by atoms with Gasteiger partial charge in [-0.2, -0.15) is 22.7 Å². The summed E-state index contributed by atoms with van der Waals surface area (Å²) in [6.07, 6.45) is -0.405. The van der Waals surface area contributed by atoms with Crippen LogP contribution in [-0.4, -0.2) is 81.1 Å². The van der Waals surface area contributed by atoms with E-state index in [1.54, 1.807) is 37.3 Å². The Hall–Kier alpha value is -4.40. The Kier molecular flexibility index (Phi) is 9.90. The number of alkyl halides is 3. The zero-order chi connectivity index (χ0) is 35.0. The summed E-state index contributed by atoms with van der Waals surface area (Å²) in [6, 6.07) is 3.13. The molecule has 0 spiro atoms. The molecule has 0 radical (unpaired) electrons. The molecule has 1 N–H and O–H groups in total. The number of piperazine rings is 1. The molecule has 2 aliphatic rings. The second-order valence-electron chi connectivity index (χ2n) is 13.1. The molecule has 0 saturated carbocycles. The van der Waals surface area contributed by atoms with Gasteiger partial charge in [0.05, 0.1) is 17.4 Å². The number of amides is 2. The van der Waals surface area contributed by atoms with Crippen molar-refractivity contribution in [3.63, 3.8) is 0 Å². The number of nitrogens with zero attached hydrogens (tertiary/aromatic N) is 6. The van der Waals surface area contributed by atoms with Crippen LogP contribution in [0.3, 0.4) is 0 Å². The number of hydrogen-bond acceptors (Lipinski definition) is 8. The van der Waals surface area contributed by atoms with Crippen LogP contribution in [0.15, 0.2) is 29.1 Å². The lowest BCUT2D eigenvalue weighted by Gasteiger charge is -2.37. The fourth-order valence-corrected chi connectivity index (χ4v) is 6.05. The molecule has 15 heteroatoms. The van der Waals surface area contributed by atoms with Crippen molar-refractivity contribution in [2.24, 2.45) is 0 Å². The summed E-state index contributed by atoms with van der Waals surface area (Å²) in [5.74, 6) is 0.0450. The lowest BCUT2D eigenvalue weighted by atomic mass is 9.97. The summed E-state index contributed by atoms with van der Waals surface area (Å²) in [5.41, 5.74) is 0.407. The Morgan fingerprint density at radius 1 is 1.10 bits per heavy atom. The van der Waals surface area contributed by atoms with Gasteiger partial charge >= 0.3 is 12.3 Å². The zero-order valence-electron chi connectivity index (χ0n) is 28.1. The molecule has 48 heavy (non-hydrogen) atoms. The number of methoxy groups -OCH3 is 1. The van der Waals surface area contributed by atoms with E-state index in [-0.39, 0.29) is 29.7 Å². The number of fused-ring (bicyclic) bond motifs is 1. The average molecular weight is 674 g/mol. The summed E-state index contributed by atoms with van der Waals surface area (Å²) in [5, 5.41) is 7.34. The van der Waals surface area contributed by atoms with E-state index in [0.29, 0.717) is 62.6 Å². The summed E-state index contributed by atoms with van der Waals surface area (Å²) in [6.45, 7) is 9.80. The molecule has 260 valence electrons. The maximum absolute atomic E-state index is 14.2. The summed E-state index contributed by atoms with van der Waals surface area (Å²) in [4.78, 5) is 48.6. The number of hydrogen-bond donors (Lipinski definition) is 1. The van der Waals surface area contributed by atoms with Crippen LogP contribution in [0, 0.1) is 6.92 Å². The quantitative estimate of drug-likeness (QED) is 0.370. The highest BCUT2D eigenvalue weighted by Crippen LogP contribution is 2.32. The second-order valence-corrected chi connectivity index (χ2v) is 13.1. The normalized spacial score (nSPS) is 17.4. The largest absolute Gasteiger partial charge is 0.444 e. The predicted octanol–water partition coefficient (Wildman–Crippen LogP) is 5.06. The van der Waals surface area contributed by atoms with E-state index >= 15 is 0 Å². The first kappa shape index (κ1) is 34.9. The van der Waals surface area contributed by atoms with Crippen LogP contribution in [0.5, 0.6) is 0 Å². The molecule has 1 atom stereocenters. The number of anilines is 2. The Bertz CT molecular complexity index is 1780. The number of carbonyl (C=O) groups is 2. The number of benzene rings is 1. The van der Waals surface area contributed by atoms with Gasteiger partial charge in [-0.15, -0.1) is 5.10 Å². The first-order valence-electron chi connectivity index (χ1n) is 16.0. The third-order valence-electron chi connectivity index (χ3n) is 8.52. The van der Waals surface area contributed by atoms with E-state index in [9.17, 15) is 27.6 Å². The van der Waals surface area contributed by atoms with Gasteiger partial charge in [-0.25, -0.2) is 4.79 Å². The molecule has 3 aromatic rings. The van der Waals surface area contributed by atoms with E-state index in [1.165, 1.54) is 17.5 Å². The van der Waals surface area contributed by atoms with Crippen molar-refractivity contribution >= 4 is 34.7 Å². The van der Waals surface area contributed by atoms with Crippen molar-refractivity contribution < 1.29 is 32.2 Å². The van der Waals surface area contributed by atoms with Gasteiger partial charge in [0.15, 0.2) is 5.82 Å². The molecule has 2 amide bonds. The highest BCUT2D eigenvalue weighted by molar-refractivity contribution is 5.91. The summed E-state index contributed by atoms with van der Waals surface area (Å²) in [7, 11) is 1.66. The van der Waals surface area contributed by atoms with Gasteiger partial charge in [0.25, 0.3) is 5.56 Å². The maximum atomic E-state index is 14.2. The molecule has 0 bridgehead atoms. The van der Waals surface area contributed by atoms with Crippen LogP contribution in [0.1, 0.15) is 69.6 Å². The molecule has 3 heterocycles. The first-order valence-corrected chi connectivity index (χ1v) is 16.0. The number of ether oxygens (including phenoxy) is 2. The highest BCUT2D eigenvalue weighted by atomic mass is 19.4. The summed E-state index contributed by atoms with van der Waals surface area (Å²) >= 11 is 0. The number of aryl methyl sites for hydroxylation is 1. The fourth-order valence-electron chi connectivity index (χ4n) is 6.05. The minimum absolute atomic E-state index is 0.0841. The van der Waals surface area contributed by atoms with E-state index in [2.05, 4.69) is 10.4 Å². The minimum Gasteiger partial charge on any atom is -0.444 e. The SMILES string of the molecule is CCc1c(N2CCN(C(=O)OC(C)(C)C)CC2)c(=O)n2nc(C3=CCC(OC)CC3)nc2n1CC(=O)Nc1ccc(C(F)(F)F)cc1C. The van der Waals surface area contributed by atoms with Crippen molar-refractivity contribution in [1.82, 2.24) is 24.1 Å². The van der Waals surface area contributed by atoms with Gasteiger partial charge in [0.2, 0.25) is 11.7 Å². The monoisotopic (exact) mass is 673 g/mol. The van der Waals surface area contributed by atoms with Gasteiger partial charge in [-0.05, 0) is 82.7 Å². The predicted molar refractivity (Wildman–Crippen MR) is 174 cm³/mol. The number of allylic oxidation sites excluding steroid dienone is 1. The molecule has 1 aliphatic carbocycles. The average Bonchev–Trinajstić information content (AvgIpc) is 3.48. The van der Waals surface area contributed by atoms with Crippen LogP contribution in [0.25, 0.3) is 11.4 Å². The van der Waals surface area contributed by atoms with E-state index in [1.807, 2.05) is 17.9 Å². The van der Waals surface area contributed by atoms with Crippen molar-refractivity contribution in [1.29, 1.82) is 0 Å². The molecule has 1 fully saturated rings. The minimum atomic E-state index is -4.51. The second kappa shape index (κ2) is 13.6. The van der Waals surface area contributed by atoms with Gasteiger partial charge in [0.1, 0.15) is 17.8 Å². The zero-order valence-corrected chi connectivity index (χ0v) is 28.1. The van der Waals surface area contributed by atoms with Crippen molar-refractivity contribution in [3.05, 3.63) is 57.3 Å². The summed E-state index contributed by atoms with van der Waals surface area (Å²) < 4.78 is 53.6. The Labute approximate surface area is 276 Å². The lowest BCUT2D eigenvalue weighted by molar-refractivity contribution is -0.137. The lowest BCUT2D eigenvalue weighted by Crippen LogP contribution is -2.51. The number of rotatable bonds is 7. The molecule has 1 aliphatic heterocycles. The van der Waals surface area contributed by atoms with Gasteiger partial charge in [-0.1, -0.05) is 13.0 Å². The van der Waals surface area contributed by atoms with Gasteiger partial charge in [-0.3, -0.25) is 9.59 Å². The van der Waals surface area contributed by atoms with Crippen LogP contribution >= 0.6 is 0 Å². The van der Waals surface area contributed by atoms with Crippen LogP contribution in [-0.2, 0) is 33.4 Å². The number of carbonyl (C=O) groups excluding carboxylic acids is 2. The third-order valence-corrected chi connectivity index (χ3v) is 8.52. The van der Waals surface area contributed by atoms with Crippen molar-refractivity contribution in [3.8, 4) is 0 Å². The van der Waals surface area contributed by atoms with Crippen molar-refractivity contribution in [2.45, 2.75) is 84.7 Å². The Morgan fingerprint density at radius 3 is 2.38 bits per heavy atom. The molecular formula is C33H42F3N7O5. The Balaban J connectivity index is 1.52. The van der Waals surface area contributed by atoms with Crippen LogP contribution in [0.2, 0.25) is 0 Å². The molecule has 12 nitrogen and oxygen atoms in total. The van der Waals surface area contributed by atoms with Crippen LogP contribution < -0.4 is 15.8 Å². The number of halogens is 3. The van der Waals surface area contributed by atoms with Crippen molar-refractivity contribution in [2.75, 3.05) is 43.5 Å². The molecule has 1 saturated heterocycles. The van der Waals surface area contributed by atoms with E-state index in [4.69, 9.17) is 14.5 Å².